The van der Waals surface area contributed by atoms with E-state index in [1.807, 2.05) is 0 Å². The van der Waals surface area contributed by atoms with E-state index in [0.29, 0.717) is 35.9 Å². The summed E-state index contributed by atoms with van der Waals surface area (Å²) in [7, 11) is 0. The average molecular weight is 280 g/mol. The molecular formula is C14H20N2O4. The number of hydrogen-bond acceptors (Lipinski definition) is 3. The summed E-state index contributed by atoms with van der Waals surface area (Å²) in [5.74, 6) is -0.939. The van der Waals surface area contributed by atoms with Gasteiger partial charge >= 0.3 is 5.97 Å². The van der Waals surface area contributed by atoms with Gasteiger partial charge in [0.25, 0.3) is 5.91 Å². The number of rotatable bonds is 4. The molecule has 0 spiro atoms. The van der Waals surface area contributed by atoms with Gasteiger partial charge in [-0.1, -0.05) is 0 Å². The number of carbonyl (C=O) groups excluding carboxylic acids is 1. The Hall–Kier alpha value is -1.82. The van der Waals surface area contributed by atoms with Crippen LogP contribution in [0.2, 0.25) is 0 Å². The molecule has 1 aliphatic rings. The molecule has 6 nitrogen and oxygen atoms in total. The summed E-state index contributed by atoms with van der Waals surface area (Å²) in [6.45, 7) is 5.38. The zero-order valence-corrected chi connectivity index (χ0v) is 11.8. The van der Waals surface area contributed by atoms with E-state index in [4.69, 9.17) is 9.84 Å². The average Bonchev–Trinajstić information content (AvgIpc) is 2.73. The second kappa shape index (κ2) is 6.09. The van der Waals surface area contributed by atoms with Gasteiger partial charge in [-0.15, -0.1) is 0 Å². The molecule has 20 heavy (non-hydrogen) atoms. The standard InChI is InChI=1S/C14H20N2O4/c1-8-11(9(2)16-12(8)14(18)19)13(17)15-6-10-4-3-5-20-7-10/h10,16H,3-7H2,1-2H3,(H,15,17)(H,18,19). The number of aromatic amines is 1. The number of amides is 1. The van der Waals surface area contributed by atoms with E-state index >= 15 is 0 Å². The maximum Gasteiger partial charge on any atom is 0.352 e. The second-order valence-electron chi connectivity index (χ2n) is 5.22. The highest BCUT2D eigenvalue weighted by molar-refractivity contribution is 6.00. The molecule has 110 valence electrons. The lowest BCUT2D eigenvalue weighted by molar-refractivity contribution is 0.0536. The van der Waals surface area contributed by atoms with Crippen molar-refractivity contribution in [1.29, 1.82) is 0 Å². The van der Waals surface area contributed by atoms with Gasteiger partial charge in [0.05, 0.1) is 12.2 Å². The van der Waals surface area contributed by atoms with E-state index in [1.165, 1.54) is 0 Å². The van der Waals surface area contributed by atoms with Crippen molar-refractivity contribution < 1.29 is 19.4 Å². The molecule has 0 aromatic carbocycles. The van der Waals surface area contributed by atoms with Crippen molar-refractivity contribution in [2.24, 2.45) is 5.92 Å². The van der Waals surface area contributed by atoms with Crippen LogP contribution in [-0.2, 0) is 4.74 Å². The maximum absolute atomic E-state index is 12.2. The molecule has 1 unspecified atom stereocenters. The number of H-pyrrole nitrogens is 1. The molecule has 1 atom stereocenters. The third kappa shape index (κ3) is 3.01. The van der Waals surface area contributed by atoms with Crippen molar-refractivity contribution in [3.05, 3.63) is 22.5 Å². The lowest BCUT2D eigenvalue weighted by atomic mass is 10.0. The molecule has 1 saturated heterocycles. The number of ether oxygens (including phenoxy) is 1. The molecule has 2 rings (SSSR count). The van der Waals surface area contributed by atoms with Crippen molar-refractivity contribution >= 4 is 11.9 Å². The third-order valence-electron chi connectivity index (χ3n) is 3.68. The van der Waals surface area contributed by atoms with Crippen molar-refractivity contribution in [3.8, 4) is 0 Å². The second-order valence-corrected chi connectivity index (χ2v) is 5.22. The molecule has 1 aromatic heterocycles. The van der Waals surface area contributed by atoms with Crippen LogP contribution in [-0.4, -0.2) is 41.7 Å². The zero-order valence-electron chi connectivity index (χ0n) is 11.8. The number of aryl methyl sites for hydroxylation is 1. The Labute approximate surface area is 117 Å². The van der Waals surface area contributed by atoms with E-state index in [-0.39, 0.29) is 11.6 Å². The van der Waals surface area contributed by atoms with Gasteiger partial charge in [0.2, 0.25) is 0 Å². The minimum Gasteiger partial charge on any atom is -0.477 e. The summed E-state index contributed by atoms with van der Waals surface area (Å²) in [4.78, 5) is 26.0. The molecule has 0 bridgehead atoms. The number of hydrogen-bond donors (Lipinski definition) is 3. The monoisotopic (exact) mass is 280 g/mol. The van der Waals surface area contributed by atoms with Crippen LogP contribution in [0.5, 0.6) is 0 Å². The maximum atomic E-state index is 12.2. The summed E-state index contributed by atoms with van der Waals surface area (Å²) < 4.78 is 5.37. The molecule has 2 heterocycles. The molecule has 1 amide bonds. The van der Waals surface area contributed by atoms with Crippen LogP contribution in [0, 0.1) is 19.8 Å². The van der Waals surface area contributed by atoms with Crippen LogP contribution in [0.3, 0.4) is 0 Å². The number of carboxylic acid groups (broad SMARTS) is 1. The van der Waals surface area contributed by atoms with Gasteiger partial charge in [0.1, 0.15) is 5.69 Å². The van der Waals surface area contributed by atoms with E-state index < -0.39 is 5.97 Å². The quantitative estimate of drug-likeness (QED) is 0.779. The smallest absolute Gasteiger partial charge is 0.352 e. The summed E-state index contributed by atoms with van der Waals surface area (Å²) in [6, 6.07) is 0. The van der Waals surface area contributed by atoms with Gasteiger partial charge < -0.3 is 20.1 Å². The predicted octanol–water partition coefficient (Wildman–Crippen LogP) is 1.49. The van der Waals surface area contributed by atoms with Gasteiger partial charge in [-0.25, -0.2) is 4.79 Å². The normalized spacial score (nSPS) is 18.8. The first-order chi connectivity index (χ1) is 9.50. The Morgan fingerprint density at radius 1 is 1.45 bits per heavy atom. The molecule has 3 N–H and O–H groups in total. The first kappa shape index (κ1) is 14.6. The van der Waals surface area contributed by atoms with Crippen molar-refractivity contribution in [1.82, 2.24) is 10.3 Å². The fourth-order valence-corrected chi connectivity index (χ4v) is 2.60. The largest absolute Gasteiger partial charge is 0.477 e. The first-order valence-electron chi connectivity index (χ1n) is 6.79. The zero-order chi connectivity index (χ0) is 14.7. The molecule has 0 radical (unpaired) electrons. The van der Waals surface area contributed by atoms with Crippen LogP contribution in [0.15, 0.2) is 0 Å². The van der Waals surface area contributed by atoms with Crippen molar-refractivity contribution in [3.63, 3.8) is 0 Å². The van der Waals surface area contributed by atoms with Gasteiger partial charge in [-0.2, -0.15) is 0 Å². The Morgan fingerprint density at radius 2 is 2.20 bits per heavy atom. The van der Waals surface area contributed by atoms with Crippen molar-refractivity contribution in [2.45, 2.75) is 26.7 Å². The van der Waals surface area contributed by atoms with Crippen LogP contribution >= 0.6 is 0 Å². The van der Waals surface area contributed by atoms with Crippen LogP contribution in [0.4, 0.5) is 0 Å². The molecule has 0 aliphatic carbocycles. The minimum atomic E-state index is -1.05. The molecule has 6 heteroatoms. The van der Waals surface area contributed by atoms with E-state index in [9.17, 15) is 9.59 Å². The fraction of sp³-hybridized carbons (Fsp3) is 0.571. The molecular weight excluding hydrogens is 260 g/mol. The molecule has 1 aromatic rings. The number of aromatic nitrogens is 1. The molecule has 1 aliphatic heterocycles. The number of nitrogens with one attached hydrogen (secondary N) is 2. The van der Waals surface area contributed by atoms with Gasteiger partial charge in [0, 0.05) is 18.8 Å². The fourth-order valence-electron chi connectivity index (χ4n) is 2.60. The summed E-state index contributed by atoms with van der Waals surface area (Å²) in [5, 5.41) is 11.9. The molecule has 0 saturated carbocycles. The van der Waals surface area contributed by atoms with Crippen LogP contribution in [0.25, 0.3) is 0 Å². The first-order valence-corrected chi connectivity index (χ1v) is 6.79. The summed E-state index contributed by atoms with van der Waals surface area (Å²) in [6.07, 6.45) is 2.07. The Morgan fingerprint density at radius 3 is 2.75 bits per heavy atom. The SMILES string of the molecule is Cc1[nH]c(C(=O)O)c(C)c1C(=O)NCC1CCCOC1. The number of aromatic carboxylic acids is 1. The predicted molar refractivity (Wildman–Crippen MR) is 73.1 cm³/mol. The third-order valence-corrected chi connectivity index (χ3v) is 3.68. The van der Waals surface area contributed by atoms with Gasteiger partial charge in [-0.3, -0.25) is 4.79 Å². The lowest BCUT2D eigenvalue weighted by Gasteiger charge is -2.22. The Balaban J connectivity index is 2.03. The van der Waals surface area contributed by atoms with Crippen LogP contribution < -0.4 is 5.32 Å². The van der Waals surface area contributed by atoms with Crippen LogP contribution in [0.1, 0.15) is 44.9 Å². The van der Waals surface area contributed by atoms with E-state index in [2.05, 4.69) is 10.3 Å². The summed E-state index contributed by atoms with van der Waals surface area (Å²) in [5.41, 5.74) is 1.57. The Kier molecular flexibility index (Phi) is 4.44. The lowest BCUT2D eigenvalue weighted by Crippen LogP contribution is -2.33. The summed E-state index contributed by atoms with van der Waals surface area (Å²) >= 11 is 0. The minimum absolute atomic E-state index is 0.0775. The van der Waals surface area contributed by atoms with E-state index in [0.717, 1.165) is 19.4 Å². The highest BCUT2D eigenvalue weighted by atomic mass is 16.5. The topological polar surface area (TPSA) is 91.4 Å². The number of carbonyl (C=O) groups is 2. The highest BCUT2D eigenvalue weighted by Crippen LogP contribution is 2.18. The highest BCUT2D eigenvalue weighted by Gasteiger charge is 2.22. The Bertz CT molecular complexity index is 515. The molecule has 1 fully saturated rings. The van der Waals surface area contributed by atoms with Gasteiger partial charge in [-0.05, 0) is 38.2 Å². The van der Waals surface area contributed by atoms with Crippen molar-refractivity contribution in [2.75, 3.05) is 19.8 Å². The van der Waals surface area contributed by atoms with E-state index in [1.54, 1.807) is 13.8 Å². The van der Waals surface area contributed by atoms with Gasteiger partial charge in [0.15, 0.2) is 0 Å². The number of carboxylic acids is 1.